The van der Waals surface area contributed by atoms with Crippen LogP contribution in [0.4, 0.5) is 4.39 Å². The number of rotatable bonds is 1. The van der Waals surface area contributed by atoms with Gasteiger partial charge in [-0.2, -0.15) is 5.26 Å². The van der Waals surface area contributed by atoms with E-state index in [0.29, 0.717) is 29.7 Å². The van der Waals surface area contributed by atoms with Crippen molar-refractivity contribution in [2.45, 2.75) is 25.7 Å². The van der Waals surface area contributed by atoms with Crippen LogP contribution in [0.3, 0.4) is 0 Å². The summed E-state index contributed by atoms with van der Waals surface area (Å²) in [6.07, 6.45) is 0.985. The molecule has 0 aromatic heterocycles. The van der Waals surface area contributed by atoms with Crippen LogP contribution in [0.2, 0.25) is 0 Å². The second-order valence-corrected chi connectivity index (χ2v) is 5.75. The van der Waals surface area contributed by atoms with E-state index in [4.69, 9.17) is 10.5 Å². The van der Waals surface area contributed by atoms with Crippen LogP contribution in [0.25, 0.3) is 0 Å². The number of ether oxygens (including phenoxy) is 1. The van der Waals surface area contributed by atoms with Crippen molar-refractivity contribution >= 4 is 5.78 Å². The molecule has 1 aliphatic carbocycles. The summed E-state index contributed by atoms with van der Waals surface area (Å²) in [4.78, 5) is 12.5. The molecule has 0 radical (unpaired) electrons. The minimum atomic E-state index is -0.649. The van der Waals surface area contributed by atoms with E-state index >= 15 is 0 Å². The van der Waals surface area contributed by atoms with Gasteiger partial charge in [0.15, 0.2) is 5.78 Å². The number of benzene rings is 1. The second-order valence-electron chi connectivity index (χ2n) is 5.75. The van der Waals surface area contributed by atoms with Gasteiger partial charge in [0.25, 0.3) is 0 Å². The van der Waals surface area contributed by atoms with Gasteiger partial charge >= 0.3 is 0 Å². The molecule has 1 aromatic rings. The number of hydrogen-bond acceptors (Lipinski definition) is 4. The number of nitrogens with zero attached hydrogens (tertiary/aromatic N) is 1. The van der Waals surface area contributed by atoms with Gasteiger partial charge in [0.2, 0.25) is 5.88 Å². The highest BCUT2D eigenvalue weighted by atomic mass is 19.1. The van der Waals surface area contributed by atoms with Gasteiger partial charge in [-0.3, -0.25) is 4.79 Å². The van der Waals surface area contributed by atoms with Crippen molar-refractivity contribution in [1.29, 1.82) is 5.26 Å². The molecule has 112 valence electrons. The number of carbonyl (C=O) groups excluding carboxylic acids is 1. The zero-order chi connectivity index (χ0) is 15.9. The Morgan fingerprint density at radius 3 is 2.86 bits per heavy atom. The fraction of sp³-hybridized carbons (Fsp3) is 0.294. The normalized spacial score (nSPS) is 24.7. The summed E-state index contributed by atoms with van der Waals surface area (Å²) in [6.45, 7) is 1.96. The average Bonchev–Trinajstić information content (AvgIpc) is 2.45. The molecule has 2 atom stereocenters. The molecule has 1 heterocycles. The average molecular weight is 298 g/mol. The van der Waals surface area contributed by atoms with E-state index in [9.17, 15) is 14.4 Å². The van der Waals surface area contributed by atoms with Crippen LogP contribution < -0.4 is 5.73 Å². The highest BCUT2D eigenvalue weighted by Crippen LogP contribution is 2.44. The van der Waals surface area contributed by atoms with E-state index in [1.165, 1.54) is 12.1 Å². The second kappa shape index (κ2) is 5.30. The first kappa shape index (κ1) is 14.3. The molecule has 0 spiro atoms. The Kier molecular flexibility index (Phi) is 3.45. The number of Topliss-reactive ketones (excluding diaryl/α,β-unsaturated/α-hetero) is 1. The number of hydrogen-bond donors (Lipinski definition) is 1. The maximum Gasteiger partial charge on any atom is 0.205 e. The first-order valence-corrected chi connectivity index (χ1v) is 7.10. The predicted octanol–water partition coefficient (Wildman–Crippen LogP) is 2.89. The molecule has 5 heteroatoms. The smallest absolute Gasteiger partial charge is 0.205 e. The Hall–Kier alpha value is -2.61. The standard InChI is InChI=1S/C17H15FN2O2/c1-9-5-13(21)16-14(6-9)22-17(20)12(8-19)15(16)10-3-2-4-11(18)7-10/h2-4,7,9,15H,5-6,20H2,1H3. The molecule has 3 rings (SSSR count). The molecule has 0 amide bonds. The summed E-state index contributed by atoms with van der Waals surface area (Å²) in [6, 6.07) is 7.91. The van der Waals surface area contributed by atoms with E-state index in [-0.39, 0.29) is 23.2 Å². The predicted molar refractivity (Wildman–Crippen MR) is 77.5 cm³/mol. The van der Waals surface area contributed by atoms with Crippen molar-refractivity contribution in [2.24, 2.45) is 11.7 Å². The van der Waals surface area contributed by atoms with Crippen LogP contribution in [0.5, 0.6) is 0 Å². The molecule has 0 saturated carbocycles. The lowest BCUT2D eigenvalue weighted by molar-refractivity contribution is -0.117. The summed E-state index contributed by atoms with van der Waals surface area (Å²) in [5.41, 5.74) is 6.99. The quantitative estimate of drug-likeness (QED) is 0.865. The maximum atomic E-state index is 13.6. The molecular formula is C17H15FN2O2. The Bertz CT molecular complexity index is 758. The lowest BCUT2D eigenvalue weighted by Crippen LogP contribution is -2.29. The zero-order valence-electron chi connectivity index (χ0n) is 12.1. The van der Waals surface area contributed by atoms with Crippen molar-refractivity contribution in [1.82, 2.24) is 0 Å². The van der Waals surface area contributed by atoms with Crippen LogP contribution in [0.1, 0.15) is 31.2 Å². The van der Waals surface area contributed by atoms with Crippen molar-refractivity contribution in [3.05, 3.63) is 58.4 Å². The number of ketones is 1. The third-order valence-electron chi connectivity index (χ3n) is 4.05. The summed E-state index contributed by atoms with van der Waals surface area (Å²) < 4.78 is 19.1. The van der Waals surface area contributed by atoms with Gasteiger partial charge in [-0.1, -0.05) is 19.1 Å². The third-order valence-corrected chi connectivity index (χ3v) is 4.05. The fourth-order valence-corrected chi connectivity index (χ4v) is 3.11. The SMILES string of the molecule is CC1CC(=O)C2=C(C1)OC(N)=C(C#N)C2c1cccc(F)c1. The number of carbonyl (C=O) groups is 1. The lowest BCUT2D eigenvalue weighted by Gasteiger charge is -2.32. The Morgan fingerprint density at radius 2 is 2.18 bits per heavy atom. The van der Waals surface area contributed by atoms with Gasteiger partial charge in [0.05, 0.1) is 5.92 Å². The minimum absolute atomic E-state index is 0.00240. The molecule has 0 bridgehead atoms. The van der Waals surface area contributed by atoms with Gasteiger partial charge in [0.1, 0.15) is 23.2 Å². The number of allylic oxidation sites excluding steroid dienone is 3. The van der Waals surface area contributed by atoms with Crippen molar-refractivity contribution in [2.75, 3.05) is 0 Å². The molecule has 1 aromatic carbocycles. The Labute approximate surface area is 127 Å². The van der Waals surface area contributed by atoms with E-state index in [0.717, 1.165) is 0 Å². The van der Waals surface area contributed by atoms with Gasteiger partial charge in [-0.25, -0.2) is 4.39 Å². The maximum absolute atomic E-state index is 13.6. The van der Waals surface area contributed by atoms with E-state index < -0.39 is 11.7 Å². The Morgan fingerprint density at radius 1 is 1.41 bits per heavy atom. The van der Waals surface area contributed by atoms with Crippen LogP contribution in [-0.4, -0.2) is 5.78 Å². The summed E-state index contributed by atoms with van der Waals surface area (Å²) in [5.74, 6) is -0.464. The van der Waals surface area contributed by atoms with Gasteiger partial charge in [0, 0.05) is 18.4 Å². The van der Waals surface area contributed by atoms with Crippen molar-refractivity contribution in [3.8, 4) is 6.07 Å². The highest BCUT2D eigenvalue weighted by molar-refractivity contribution is 5.99. The fourth-order valence-electron chi connectivity index (χ4n) is 3.11. The first-order chi connectivity index (χ1) is 10.5. The summed E-state index contributed by atoms with van der Waals surface area (Å²) in [5, 5.41) is 9.40. The number of nitriles is 1. The van der Waals surface area contributed by atoms with Crippen molar-refractivity contribution in [3.63, 3.8) is 0 Å². The van der Waals surface area contributed by atoms with Gasteiger partial charge in [-0.05, 0) is 23.6 Å². The van der Waals surface area contributed by atoms with Crippen LogP contribution in [0.15, 0.2) is 47.1 Å². The number of halogens is 1. The largest absolute Gasteiger partial charge is 0.444 e. The van der Waals surface area contributed by atoms with Gasteiger partial charge < -0.3 is 10.5 Å². The van der Waals surface area contributed by atoms with E-state index in [1.54, 1.807) is 12.1 Å². The topological polar surface area (TPSA) is 76.1 Å². The molecule has 1 aliphatic heterocycles. The van der Waals surface area contributed by atoms with Crippen molar-refractivity contribution < 1.29 is 13.9 Å². The number of nitrogens with two attached hydrogens (primary N) is 1. The summed E-state index contributed by atoms with van der Waals surface area (Å²) in [7, 11) is 0. The molecule has 2 unspecified atom stereocenters. The molecule has 0 fully saturated rings. The minimum Gasteiger partial charge on any atom is -0.444 e. The molecule has 2 N–H and O–H groups in total. The molecule has 22 heavy (non-hydrogen) atoms. The van der Waals surface area contributed by atoms with E-state index in [2.05, 4.69) is 0 Å². The van der Waals surface area contributed by atoms with Crippen LogP contribution >= 0.6 is 0 Å². The molecule has 2 aliphatic rings. The lowest BCUT2D eigenvalue weighted by atomic mass is 9.75. The van der Waals surface area contributed by atoms with Crippen LogP contribution in [0, 0.1) is 23.1 Å². The Balaban J connectivity index is 2.19. The van der Waals surface area contributed by atoms with E-state index in [1.807, 2.05) is 13.0 Å². The monoisotopic (exact) mass is 298 g/mol. The highest BCUT2D eigenvalue weighted by Gasteiger charge is 2.39. The van der Waals surface area contributed by atoms with Gasteiger partial charge in [-0.15, -0.1) is 0 Å². The molecule has 0 saturated heterocycles. The molecular weight excluding hydrogens is 283 g/mol. The van der Waals surface area contributed by atoms with Crippen LogP contribution in [-0.2, 0) is 9.53 Å². The third kappa shape index (κ3) is 2.27. The first-order valence-electron chi connectivity index (χ1n) is 7.10. The zero-order valence-corrected chi connectivity index (χ0v) is 12.1. The molecule has 4 nitrogen and oxygen atoms in total. The summed E-state index contributed by atoms with van der Waals surface area (Å²) >= 11 is 0.